The fraction of sp³-hybridized carbons (Fsp3) is 0.400. The molecule has 3 rings (SSSR count). The number of hydrogen-bond donors (Lipinski definition) is 2. The normalized spacial score (nSPS) is 15.5. The third-order valence-electron chi connectivity index (χ3n) is 5.54. The van der Waals surface area contributed by atoms with Crippen molar-refractivity contribution in [3.63, 3.8) is 0 Å². The molecule has 1 aliphatic heterocycles. The van der Waals surface area contributed by atoms with Gasteiger partial charge in [0.2, 0.25) is 11.8 Å². The second-order valence-electron chi connectivity index (χ2n) is 8.37. The number of methoxy groups -OCH3 is 2. The quantitative estimate of drug-likeness (QED) is 0.609. The van der Waals surface area contributed by atoms with Crippen LogP contribution in [-0.2, 0) is 16.0 Å². The molecule has 1 aliphatic rings. The Kier molecular flexibility index (Phi) is 7.92. The van der Waals surface area contributed by atoms with Crippen LogP contribution in [0.1, 0.15) is 36.2 Å². The average Bonchev–Trinajstić information content (AvgIpc) is 3.18. The van der Waals surface area contributed by atoms with Crippen molar-refractivity contribution in [2.24, 2.45) is 5.92 Å². The lowest BCUT2D eigenvalue weighted by atomic mass is 10.1. The van der Waals surface area contributed by atoms with Gasteiger partial charge < -0.3 is 25.0 Å². The van der Waals surface area contributed by atoms with Gasteiger partial charge in [-0.25, -0.2) is 0 Å². The molecule has 0 radical (unpaired) electrons. The minimum atomic E-state index is -0.410. The number of carbonyl (C=O) groups is 3. The Morgan fingerprint density at radius 2 is 1.76 bits per heavy atom. The van der Waals surface area contributed by atoms with Gasteiger partial charge in [-0.05, 0) is 62.2 Å². The molecule has 1 heterocycles. The fourth-order valence-corrected chi connectivity index (χ4v) is 3.76. The van der Waals surface area contributed by atoms with Gasteiger partial charge in [0.05, 0.1) is 20.1 Å². The molecule has 3 amide bonds. The van der Waals surface area contributed by atoms with Crippen LogP contribution in [-0.4, -0.2) is 56.0 Å². The molecule has 8 heteroatoms. The Balaban J connectivity index is 1.53. The van der Waals surface area contributed by atoms with Gasteiger partial charge in [0.25, 0.3) is 5.91 Å². The van der Waals surface area contributed by atoms with E-state index < -0.39 is 5.92 Å². The van der Waals surface area contributed by atoms with E-state index in [1.807, 2.05) is 32.0 Å². The molecule has 0 saturated carbocycles. The summed E-state index contributed by atoms with van der Waals surface area (Å²) in [4.78, 5) is 38.9. The summed E-state index contributed by atoms with van der Waals surface area (Å²) in [7, 11) is 3.17. The summed E-state index contributed by atoms with van der Waals surface area (Å²) >= 11 is 0. The van der Waals surface area contributed by atoms with Gasteiger partial charge in [-0.3, -0.25) is 14.4 Å². The van der Waals surface area contributed by atoms with Gasteiger partial charge >= 0.3 is 0 Å². The van der Waals surface area contributed by atoms with E-state index in [1.54, 1.807) is 43.4 Å². The van der Waals surface area contributed by atoms with E-state index in [0.717, 1.165) is 5.56 Å². The Morgan fingerprint density at radius 1 is 1.06 bits per heavy atom. The van der Waals surface area contributed by atoms with Gasteiger partial charge in [-0.15, -0.1) is 0 Å². The van der Waals surface area contributed by atoms with Crippen molar-refractivity contribution < 1.29 is 23.9 Å². The van der Waals surface area contributed by atoms with Gasteiger partial charge in [0.1, 0.15) is 0 Å². The van der Waals surface area contributed by atoms with E-state index in [0.29, 0.717) is 42.3 Å². The smallest absolute Gasteiger partial charge is 0.251 e. The first-order valence-corrected chi connectivity index (χ1v) is 11.0. The Bertz CT molecular complexity index is 1000. The summed E-state index contributed by atoms with van der Waals surface area (Å²) in [6, 6.07) is 12.5. The summed E-state index contributed by atoms with van der Waals surface area (Å²) < 4.78 is 10.6. The average molecular weight is 454 g/mol. The molecule has 0 spiro atoms. The van der Waals surface area contributed by atoms with Crippen LogP contribution >= 0.6 is 0 Å². The molecule has 1 fully saturated rings. The first-order valence-electron chi connectivity index (χ1n) is 11.0. The summed E-state index contributed by atoms with van der Waals surface area (Å²) in [6.45, 7) is 4.70. The summed E-state index contributed by atoms with van der Waals surface area (Å²) in [5.41, 5.74) is 2.14. The highest BCUT2D eigenvalue weighted by Crippen LogP contribution is 2.28. The summed E-state index contributed by atoms with van der Waals surface area (Å²) in [5.74, 6) is 0.505. The molecule has 0 aliphatic carbocycles. The lowest BCUT2D eigenvalue weighted by Crippen LogP contribution is -2.30. The summed E-state index contributed by atoms with van der Waals surface area (Å²) in [6.07, 6.45) is 0.840. The molecule has 0 bridgehead atoms. The predicted octanol–water partition coefficient (Wildman–Crippen LogP) is 2.87. The molecule has 33 heavy (non-hydrogen) atoms. The molecule has 1 saturated heterocycles. The SMILES string of the molecule is COc1ccc(CCN2CC(C(=O)Nc3ccc(C(=O)NC(C)C)cc3)CC2=O)cc1OC. The number of ether oxygens (including phenoxy) is 2. The standard InChI is InChI=1S/C25H31N3O5/c1-16(2)26-24(30)18-6-8-20(9-7-18)27-25(31)19-14-23(29)28(15-19)12-11-17-5-10-21(32-3)22(13-17)33-4/h5-10,13,16,19H,11-12,14-15H2,1-4H3,(H,26,30)(H,27,31). The van der Waals surface area contributed by atoms with Crippen LogP contribution in [0, 0.1) is 5.92 Å². The van der Waals surface area contributed by atoms with E-state index in [2.05, 4.69) is 10.6 Å². The molecular formula is C25H31N3O5. The van der Waals surface area contributed by atoms with Crippen molar-refractivity contribution in [1.82, 2.24) is 10.2 Å². The Morgan fingerprint density at radius 3 is 2.39 bits per heavy atom. The zero-order chi connectivity index (χ0) is 24.0. The number of amides is 3. The second kappa shape index (κ2) is 10.8. The molecule has 1 unspecified atom stereocenters. The molecular weight excluding hydrogens is 422 g/mol. The number of likely N-dealkylation sites (tertiary alicyclic amines) is 1. The van der Waals surface area contributed by atoms with Crippen LogP contribution in [0.2, 0.25) is 0 Å². The van der Waals surface area contributed by atoms with Crippen LogP contribution in [0.3, 0.4) is 0 Å². The second-order valence-corrected chi connectivity index (χ2v) is 8.37. The van der Waals surface area contributed by atoms with E-state index >= 15 is 0 Å². The van der Waals surface area contributed by atoms with Gasteiger partial charge in [-0.1, -0.05) is 6.07 Å². The molecule has 8 nitrogen and oxygen atoms in total. The fourth-order valence-electron chi connectivity index (χ4n) is 3.76. The lowest BCUT2D eigenvalue weighted by molar-refractivity contribution is -0.128. The topological polar surface area (TPSA) is 97.0 Å². The van der Waals surface area contributed by atoms with Crippen LogP contribution < -0.4 is 20.1 Å². The number of nitrogens with zero attached hydrogens (tertiary/aromatic N) is 1. The number of carbonyl (C=O) groups excluding carboxylic acids is 3. The van der Waals surface area contributed by atoms with Crippen LogP contribution in [0.4, 0.5) is 5.69 Å². The largest absolute Gasteiger partial charge is 0.493 e. The Labute approximate surface area is 194 Å². The number of benzene rings is 2. The first-order chi connectivity index (χ1) is 15.8. The lowest BCUT2D eigenvalue weighted by Gasteiger charge is -2.17. The van der Waals surface area contributed by atoms with Crippen LogP contribution in [0.5, 0.6) is 11.5 Å². The number of anilines is 1. The van der Waals surface area contributed by atoms with Crippen molar-refractivity contribution in [2.75, 3.05) is 32.6 Å². The molecule has 0 aromatic heterocycles. The maximum atomic E-state index is 12.7. The predicted molar refractivity (Wildman–Crippen MR) is 126 cm³/mol. The van der Waals surface area contributed by atoms with E-state index in [1.165, 1.54) is 0 Å². The molecule has 2 aromatic carbocycles. The molecule has 1 atom stereocenters. The van der Waals surface area contributed by atoms with E-state index in [-0.39, 0.29) is 30.2 Å². The number of hydrogen-bond acceptors (Lipinski definition) is 5. The first kappa shape index (κ1) is 24.1. The number of nitrogens with one attached hydrogen (secondary N) is 2. The third kappa shape index (κ3) is 6.25. The highest BCUT2D eigenvalue weighted by Gasteiger charge is 2.34. The van der Waals surface area contributed by atoms with E-state index in [9.17, 15) is 14.4 Å². The van der Waals surface area contributed by atoms with Crippen molar-refractivity contribution in [3.05, 3.63) is 53.6 Å². The van der Waals surface area contributed by atoms with Crippen molar-refractivity contribution >= 4 is 23.4 Å². The highest BCUT2D eigenvalue weighted by atomic mass is 16.5. The zero-order valence-electron chi connectivity index (χ0n) is 19.5. The molecule has 2 N–H and O–H groups in total. The van der Waals surface area contributed by atoms with Crippen LogP contribution in [0.25, 0.3) is 0 Å². The van der Waals surface area contributed by atoms with E-state index in [4.69, 9.17) is 9.47 Å². The van der Waals surface area contributed by atoms with Crippen molar-refractivity contribution in [3.8, 4) is 11.5 Å². The minimum absolute atomic E-state index is 0.0312. The minimum Gasteiger partial charge on any atom is -0.493 e. The van der Waals surface area contributed by atoms with Gasteiger partial charge in [-0.2, -0.15) is 0 Å². The number of rotatable bonds is 9. The summed E-state index contributed by atoms with van der Waals surface area (Å²) in [5, 5.41) is 5.68. The third-order valence-corrected chi connectivity index (χ3v) is 5.54. The molecule has 176 valence electrons. The van der Waals surface area contributed by atoms with Crippen molar-refractivity contribution in [1.29, 1.82) is 0 Å². The highest BCUT2D eigenvalue weighted by molar-refractivity contribution is 5.98. The Hall–Kier alpha value is -3.55. The van der Waals surface area contributed by atoms with Crippen LogP contribution in [0.15, 0.2) is 42.5 Å². The van der Waals surface area contributed by atoms with Crippen molar-refractivity contribution in [2.45, 2.75) is 32.7 Å². The van der Waals surface area contributed by atoms with Gasteiger partial charge in [0.15, 0.2) is 11.5 Å². The monoisotopic (exact) mass is 453 g/mol. The van der Waals surface area contributed by atoms with Gasteiger partial charge in [0, 0.05) is 36.8 Å². The maximum absolute atomic E-state index is 12.7. The maximum Gasteiger partial charge on any atom is 0.251 e. The zero-order valence-corrected chi connectivity index (χ0v) is 19.5. The molecule has 2 aromatic rings.